The summed E-state index contributed by atoms with van der Waals surface area (Å²) in [5.74, 6) is 1.44. The smallest absolute Gasteiger partial charge is 0.211 e. The molecule has 0 aliphatic carbocycles. The predicted molar refractivity (Wildman–Crippen MR) is 68.9 cm³/mol. The number of halogens is 1. The molecule has 3 atom stereocenters. The molecule has 2 heterocycles. The maximum Gasteiger partial charge on any atom is 0.211 e. The molecule has 2 rings (SSSR count). The summed E-state index contributed by atoms with van der Waals surface area (Å²) in [6.45, 7) is 3.36. The van der Waals surface area contributed by atoms with E-state index in [2.05, 4.69) is 10.0 Å². The quantitative estimate of drug-likeness (QED) is 0.752. The molecule has 0 bridgehead atoms. The van der Waals surface area contributed by atoms with E-state index < -0.39 is 10.0 Å². The van der Waals surface area contributed by atoms with Crippen molar-refractivity contribution in [3.63, 3.8) is 0 Å². The van der Waals surface area contributed by atoms with Gasteiger partial charge in [-0.05, 0) is 44.3 Å². The highest BCUT2D eigenvalue weighted by Gasteiger charge is 2.37. The molecule has 17 heavy (non-hydrogen) atoms. The minimum Gasteiger partial charge on any atom is -0.381 e. The minimum atomic E-state index is -3.10. The molecular formula is C10H21ClN2O3S. The molecule has 2 saturated heterocycles. The Kier molecular flexibility index (Phi) is 5.66. The maximum atomic E-state index is 11.5. The minimum absolute atomic E-state index is 0. The molecule has 0 spiro atoms. The number of rotatable bonds is 4. The molecule has 7 heteroatoms. The highest BCUT2D eigenvalue weighted by Crippen LogP contribution is 2.31. The van der Waals surface area contributed by atoms with Crippen molar-refractivity contribution < 1.29 is 13.2 Å². The third-order valence-corrected chi connectivity index (χ3v) is 5.20. The molecule has 0 saturated carbocycles. The molecule has 0 aromatic carbocycles. The average molecular weight is 285 g/mol. The van der Waals surface area contributed by atoms with Gasteiger partial charge < -0.3 is 10.1 Å². The van der Waals surface area contributed by atoms with Gasteiger partial charge in [-0.3, -0.25) is 0 Å². The molecule has 0 aromatic rings. The van der Waals surface area contributed by atoms with Gasteiger partial charge in [0.1, 0.15) is 0 Å². The maximum absolute atomic E-state index is 11.5. The van der Waals surface area contributed by atoms with Crippen LogP contribution >= 0.6 is 12.4 Å². The molecule has 2 aliphatic rings. The number of ether oxygens (including phenoxy) is 1. The highest BCUT2D eigenvalue weighted by atomic mass is 35.5. The normalized spacial score (nSPS) is 33.6. The Balaban J connectivity index is 0.00000144. The van der Waals surface area contributed by atoms with Gasteiger partial charge in [0, 0.05) is 13.2 Å². The summed E-state index contributed by atoms with van der Waals surface area (Å²) < 4.78 is 30.9. The summed E-state index contributed by atoms with van der Waals surface area (Å²) in [7, 11) is -1.62. The zero-order chi connectivity index (χ0) is 11.6. The van der Waals surface area contributed by atoms with E-state index in [9.17, 15) is 8.42 Å². The number of hydrogen-bond acceptors (Lipinski definition) is 4. The van der Waals surface area contributed by atoms with Gasteiger partial charge >= 0.3 is 0 Å². The van der Waals surface area contributed by atoms with E-state index in [-0.39, 0.29) is 24.1 Å². The van der Waals surface area contributed by atoms with Crippen molar-refractivity contribution in [2.24, 2.45) is 17.8 Å². The van der Waals surface area contributed by atoms with Crippen LogP contribution < -0.4 is 10.0 Å². The standard InChI is InChI=1S/C10H20N2O3S.ClH/c1-11-16(13,14)7-9-4-12-5-10(9)8-2-3-15-6-8;/h8-12H,2-7H2,1H3;1H. The highest BCUT2D eigenvalue weighted by molar-refractivity contribution is 7.89. The molecule has 2 aliphatic heterocycles. The Morgan fingerprint density at radius 2 is 2.18 bits per heavy atom. The first kappa shape index (κ1) is 15.2. The predicted octanol–water partition coefficient (Wildman–Crippen LogP) is -0.170. The van der Waals surface area contributed by atoms with Crippen molar-refractivity contribution in [3.05, 3.63) is 0 Å². The number of nitrogens with one attached hydrogen (secondary N) is 2. The molecule has 0 amide bonds. The van der Waals surface area contributed by atoms with Crippen molar-refractivity contribution in [1.29, 1.82) is 0 Å². The van der Waals surface area contributed by atoms with Gasteiger partial charge in [0.25, 0.3) is 0 Å². The van der Waals surface area contributed by atoms with Crippen LogP contribution in [0.25, 0.3) is 0 Å². The van der Waals surface area contributed by atoms with Gasteiger partial charge in [-0.15, -0.1) is 12.4 Å². The van der Waals surface area contributed by atoms with Crippen LogP contribution in [0.2, 0.25) is 0 Å². The Labute approximate surface area is 109 Å². The molecule has 2 N–H and O–H groups in total. The van der Waals surface area contributed by atoms with E-state index in [0.29, 0.717) is 11.8 Å². The number of hydrogen-bond donors (Lipinski definition) is 2. The lowest BCUT2D eigenvalue weighted by atomic mass is 9.84. The molecule has 3 unspecified atom stereocenters. The first-order valence-corrected chi connectivity index (χ1v) is 7.47. The first-order chi connectivity index (χ1) is 7.62. The van der Waals surface area contributed by atoms with Gasteiger partial charge in [0.15, 0.2) is 0 Å². The largest absolute Gasteiger partial charge is 0.381 e. The van der Waals surface area contributed by atoms with Gasteiger partial charge in [0.2, 0.25) is 10.0 Å². The Morgan fingerprint density at radius 3 is 2.76 bits per heavy atom. The summed E-state index contributed by atoms with van der Waals surface area (Å²) in [6, 6.07) is 0. The third kappa shape index (κ3) is 3.79. The fourth-order valence-electron chi connectivity index (χ4n) is 2.74. The molecule has 0 aromatic heterocycles. The van der Waals surface area contributed by atoms with Gasteiger partial charge in [-0.1, -0.05) is 0 Å². The zero-order valence-electron chi connectivity index (χ0n) is 10.0. The van der Waals surface area contributed by atoms with Gasteiger partial charge in [-0.2, -0.15) is 0 Å². The van der Waals surface area contributed by atoms with E-state index in [4.69, 9.17) is 4.74 Å². The van der Waals surface area contributed by atoms with E-state index >= 15 is 0 Å². The zero-order valence-corrected chi connectivity index (χ0v) is 11.6. The lowest BCUT2D eigenvalue weighted by molar-refractivity contribution is 0.167. The Morgan fingerprint density at radius 1 is 1.41 bits per heavy atom. The second kappa shape index (κ2) is 6.33. The summed E-state index contributed by atoms with van der Waals surface area (Å²) in [5, 5.41) is 3.30. The van der Waals surface area contributed by atoms with Crippen LogP contribution in [0.4, 0.5) is 0 Å². The van der Waals surface area contributed by atoms with Crippen molar-refractivity contribution in [1.82, 2.24) is 10.0 Å². The third-order valence-electron chi connectivity index (χ3n) is 3.71. The SMILES string of the molecule is CNS(=O)(=O)CC1CNCC1C1CCOC1.Cl. The van der Waals surface area contributed by atoms with E-state index in [0.717, 1.165) is 32.7 Å². The average Bonchev–Trinajstić information content (AvgIpc) is 2.86. The first-order valence-electron chi connectivity index (χ1n) is 5.82. The molecule has 2 fully saturated rings. The monoisotopic (exact) mass is 284 g/mol. The second-order valence-electron chi connectivity index (χ2n) is 4.69. The lowest BCUT2D eigenvalue weighted by Gasteiger charge is -2.23. The summed E-state index contributed by atoms with van der Waals surface area (Å²) in [4.78, 5) is 0. The van der Waals surface area contributed by atoms with Crippen LogP contribution in [0.3, 0.4) is 0 Å². The summed E-state index contributed by atoms with van der Waals surface area (Å²) >= 11 is 0. The van der Waals surface area contributed by atoms with Crippen LogP contribution in [0.5, 0.6) is 0 Å². The molecular weight excluding hydrogens is 264 g/mol. The summed E-state index contributed by atoms with van der Waals surface area (Å²) in [6.07, 6.45) is 1.07. The fraction of sp³-hybridized carbons (Fsp3) is 1.00. The van der Waals surface area contributed by atoms with E-state index in [1.165, 1.54) is 7.05 Å². The van der Waals surface area contributed by atoms with Crippen LogP contribution in [0.15, 0.2) is 0 Å². The van der Waals surface area contributed by atoms with Crippen molar-refractivity contribution in [3.8, 4) is 0 Å². The van der Waals surface area contributed by atoms with E-state index in [1.807, 2.05) is 0 Å². The van der Waals surface area contributed by atoms with Crippen LogP contribution in [-0.4, -0.2) is 47.5 Å². The molecule has 102 valence electrons. The topological polar surface area (TPSA) is 67.4 Å². The molecule has 5 nitrogen and oxygen atoms in total. The molecule has 0 radical (unpaired) electrons. The van der Waals surface area contributed by atoms with E-state index in [1.54, 1.807) is 0 Å². The van der Waals surface area contributed by atoms with Crippen LogP contribution in [0.1, 0.15) is 6.42 Å². The fourth-order valence-corrected chi connectivity index (χ4v) is 3.84. The second-order valence-corrected chi connectivity index (χ2v) is 6.66. The van der Waals surface area contributed by atoms with Gasteiger partial charge in [-0.25, -0.2) is 13.1 Å². The Hall–Kier alpha value is 0.120. The van der Waals surface area contributed by atoms with Gasteiger partial charge in [0.05, 0.1) is 5.75 Å². The van der Waals surface area contributed by atoms with Crippen molar-refractivity contribution >= 4 is 22.4 Å². The van der Waals surface area contributed by atoms with Crippen molar-refractivity contribution in [2.75, 3.05) is 39.1 Å². The number of sulfonamides is 1. The van der Waals surface area contributed by atoms with Crippen LogP contribution in [0, 0.1) is 17.8 Å². The van der Waals surface area contributed by atoms with Crippen molar-refractivity contribution in [2.45, 2.75) is 6.42 Å². The lowest BCUT2D eigenvalue weighted by Crippen LogP contribution is -2.32. The summed E-state index contributed by atoms with van der Waals surface area (Å²) in [5.41, 5.74) is 0. The van der Waals surface area contributed by atoms with Crippen LogP contribution in [-0.2, 0) is 14.8 Å². The Bertz CT molecular complexity index is 330.